The predicted molar refractivity (Wildman–Crippen MR) is 89.3 cm³/mol. The van der Waals surface area contributed by atoms with E-state index in [9.17, 15) is 14.4 Å². The lowest BCUT2D eigenvalue weighted by Gasteiger charge is -2.31. The second kappa shape index (κ2) is 11.3. The first-order valence-corrected chi connectivity index (χ1v) is 8.44. The number of hydrogen-bond acceptors (Lipinski definition) is 6. The Morgan fingerprint density at radius 3 is 2.22 bits per heavy atom. The first kappa shape index (κ1) is 21.8. The lowest BCUT2D eigenvalue weighted by atomic mass is 9.88. The molecule has 1 saturated carbocycles. The van der Waals surface area contributed by atoms with Crippen molar-refractivity contribution in [2.45, 2.75) is 59.5 Å². The van der Waals surface area contributed by atoms with Gasteiger partial charge in [-0.2, -0.15) is 0 Å². The molecule has 0 aromatic rings. The van der Waals surface area contributed by atoms with Crippen LogP contribution >= 0.6 is 12.6 Å². The van der Waals surface area contributed by atoms with Gasteiger partial charge in [-0.15, -0.1) is 0 Å². The summed E-state index contributed by atoms with van der Waals surface area (Å²) in [6.45, 7) is 7.49. The van der Waals surface area contributed by atoms with E-state index in [2.05, 4.69) is 24.3 Å². The van der Waals surface area contributed by atoms with E-state index < -0.39 is 16.7 Å². The van der Waals surface area contributed by atoms with Crippen molar-refractivity contribution < 1.29 is 28.6 Å². The molecule has 0 aliphatic heterocycles. The Hall–Kier alpha value is -1.24. The average molecular weight is 348 g/mol. The Bertz CT molecular complexity index is 379. The van der Waals surface area contributed by atoms with Crippen LogP contribution in [0.15, 0.2) is 0 Å². The minimum atomic E-state index is -1.22. The third-order valence-electron chi connectivity index (χ3n) is 3.71. The molecule has 1 unspecified atom stereocenters. The first-order chi connectivity index (χ1) is 10.9. The molecule has 1 rings (SSSR count). The van der Waals surface area contributed by atoms with Crippen LogP contribution in [-0.2, 0) is 23.8 Å². The maximum absolute atomic E-state index is 12.3. The van der Waals surface area contributed by atoms with E-state index in [-0.39, 0.29) is 25.8 Å². The van der Waals surface area contributed by atoms with Crippen LogP contribution < -0.4 is 0 Å². The van der Waals surface area contributed by atoms with Crippen LogP contribution in [0.1, 0.15) is 53.4 Å². The molecule has 0 bridgehead atoms. The lowest BCUT2D eigenvalue weighted by molar-refractivity contribution is -0.169. The number of carbonyl (C=O) groups is 3. The Labute approximate surface area is 143 Å². The molecule has 0 aromatic carbocycles. The van der Waals surface area contributed by atoms with E-state index in [1.807, 2.05) is 13.8 Å². The summed E-state index contributed by atoms with van der Waals surface area (Å²) in [4.78, 5) is 33.4. The van der Waals surface area contributed by atoms with Gasteiger partial charge in [0.1, 0.15) is 24.7 Å². The standard InChI is InChI=1S/C14H22O6S.C2H6/c1-10-3-5-11(6-4-10)20-12(16)14(2,7-18-9-15)8-19-13(17)21;1-2/h9-11H,3-8H2,1-2H3,(H,17,21);1-2H3. The summed E-state index contributed by atoms with van der Waals surface area (Å²) < 4.78 is 14.9. The third kappa shape index (κ3) is 8.25. The average Bonchev–Trinajstić information content (AvgIpc) is 2.55. The maximum atomic E-state index is 12.3. The van der Waals surface area contributed by atoms with Crippen molar-refractivity contribution >= 4 is 30.4 Å². The smallest absolute Gasteiger partial charge is 0.364 e. The molecule has 23 heavy (non-hydrogen) atoms. The summed E-state index contributed by atoms with van der Waals surface area (Å²) >= 11 is 3.49. The van der Waals surface area contributed by atoms with Crippen LogP contribution in [0.4, 0.5) is 4.79 Å². The van der Waals surface area contributed by atoms with Crippen molar-refractivity contribution in [3.8, 4) is 0 Å². The topological polar surface area (TPSA) is 78.9 Å². The Kier molecular flexibility index (Phi) is 10.7. The molecule has 1 aliphatic carbocycles. The molecule has 1 atom stereocenters. The molecule has 0 heterocycles. The van der Waals surface area contributed by atoms with E-state index in [4.69, 9.17) is 9.47 Å². The normalized spacial score (nSPS) is 22.7. The summed E-state index contributed by atoms with van der Waals surface area (Å²) in [5.74, 6) is 0.119. The number of esters is 1. The van der Waals surface area contributed by atoms with E-state index in [1.165, 1.54) is 6.92 Å². The van der Waals surface area contributed by atoms with Gasteiger partial charge in [0.25, 0.3) is 6.47 Å². The summed E-state index contributed by atoms with van der Waals surface area (Å²) in [5.41, 5.74) is -1.22. The highest BCUT2D eigenvalue weighted by Crippen LogP contribution is 2.28. The van der Waals surface area contributed by atoms with Crippen LogP contribution in [0.25, 0.3) is 0 Å². The fraction of sp³-hybridized carbons (Fsp3) is 0.812. The van der Waals surface area contributed by atoms with Gasteiger partial charge in [-0.05, 0) is 38.5 Å². The van der Waals surface area contributed by atoms with Crippen LogP contribution in [0.2, 0.25) is 0 Å². The number of ether oxygens (including phenoxy) is 3. The fourth-order valence-electron chi connectivity index (χ4n) is 2.24. The van der Waals surface area contributed by atoms with E-state index in [0.29, 0.717) is 5.92 Å². The summed E-state index contributed by atoms with van der Waals surface area (Å²) in [7, 11) is 0. The van der Waals surface area contributed by atoms with Gasteiger partial charge in [-0.1, -0.05) is 33.4 Å². The molecule has 134 valence electrons. The van der Waals surface area contributed by atoms with E-state index >= 15 is 0 Å². The van der Waals surface area contributed by atoms with Gasteiger partial charge >= 0.3 is 11.3 Å². The highest BCUT2D eigenvalue weighted by molar-refractivity contribution is 7.96. The summed E-state index contributed by atoms with van der Waals surface area (Å²) in [6.07, 6.45) is 3.56. The summed E-state index contributed by atoms with van der Waals surface area (Å²) in [6, 6.07) is 0. The van der Waals surface area contributed by atoms with Gasteiger partial charge in [0, 0.05) is 0 Å². The maximum Gasteiger partial charge on any atom is 0.364 e. The van der Waals surface area contributed by atoms with Gasteiger partial charge in [-0.25, -0.2) is 4.79 Å². The second-order valence-electron chi connectivity index (χ2n) is 5.81. The number of thiol groups is 1. The predicted octanol–water partition coefficient (Wildman–Crippen LogP) is 3.38. The number of rotatable bonds is 7. The zero-order chi connectivity index (χ0) is 17.9. The Morgan fingerprint density at radius 1 is 1.17 bits per heavy atom. The van der Waals surface area contributed by atoms with Gasteiger partial charge in [0.05, 0.1) is 0 Å². The van der Waals surface area contributed by atoms with Gasteiger partial charge in [-0.3, -0.25) is 9.59 Å². The van der Waals surface area contributed by atoms with Crippen LogP contribution in [0, 0.1) is 11.3 Å². The molecular formula is C16H28O6S. The minimum Gasteiger partial charge on any atom is -0.467 e. The van der Waals surface area contributed by atoms with Crippen molar-refractivity contribution in [1.82, 2.24) is 0 Å². The molecule has 0 radical (unpaired) electrons. The Balaban J connectivity index is 0.00000232. The van der Waals surface area contributed by atoms with Crippen LogP contribution in [0.3, 0.4) is 0 Å². The Morgan fingerprint density at radius 2 is 1.74 bits per heavy atom. The van der Waals surface area contributed by atoms with Crippen molar-refractivity contribution in [2.75, 3.05) is 13.2 Å². The van der Waals surface area contributed by atoms with Crippen molar-refractivity contribution in [3.63, 3.8) is 0 Å². The molecule has 7 heteroatoms. The van der Waals surface area contributed by atoms with Crippen molar-refractivity contribution in [1.29, 1.82) is 0 Å². The lowest BCUT2D eigenvalue weighted by Crippen LogP contribution is -2.41. The molecule has 1 aliphatic rings. The molecule has 1 fully saturated rings. The quantitative estimate of drug-likeness (QED) is 0.329. The SMILES string of the molecule is CC.CC1CCC(OC(=O)C(C)(COC=O)COC(=O)S)CC1. The molecule has 0 N–H and O–H groups in total. The monoisotopic (exact) mass is 348 g/mol. The molecule has 0 saturated heterocycles. The molecule has 0 amide bonds. The first-order valence-electron chi connectivity index (χ1n) is 7.99. The van der Waals surface area contributed by atoms with Crippen LogP contribution in [-0.4, -0.2) is 37.1 Å². The molecule has 6 nitrogen and oxygen atoms in total. The fourth-order valence-corrected chi connectivity index (χ4v) is 2.30. The zero-order valence-corrected chi connectivity index (χ0v) is 15.3. The molecular weight excluding hydrogens is 320 g/mol. The highest BCUT2D eigenvalue weighted by Gasteiger charge is 2.39. The van der Waals surface area contributed by atoms with Crippen molar-refractivity contribution in [3.05, 3.63) is 0 Å². The van der Waals surface area contributed by atoms with E-state index in [0.717, 1.165) is 25.7 Å². The van der Waals surface area contributed by atoms with E-state index in [1.54, 1.807) is 0 Å². The highest BCUT2D eigenvalue weighted by atomic mass is 32.1. The van der Waals surface area contributed by atoms with Crippen LogP contribution in [0.5, 0.6) is 0 Å². The largest absolute Gasteiger partial charge is 0.467 e. The molecule has 0 aromatic heterocycles. The second-order valence-corrected chi connectivity index (χ2v) is 6.17. The molecule has 0 spiro atoms. The van der Waals surface area contributed by atoms with Crippen molar-refractivity contribution in [2.24, 2.45) is 11.3 Å². The minimum absolute atomic E-state index is 0.129. The zero-order valence-electron chi connectivity index (χ0n) is 14.4. The van der Waals surface area contributed by atoms with Gasteiger partial charge < -0.3 is 14.2 Å². The van der Waals surface area contributed by atoms with Gasteiger partial charge in [0.15, 0.2) is 0 Å². The number of carbonyl (C=O) groups excluding carboxylic acids is 3. The van der Waals surface area contributed by atoms with Gasteiger partial charge in [0.2, 0.25) is 0 Å². The summed E-state index contributed by atoms with van der Waals surface area (Å²) in [5, 5.41) is -0.799. The number of hydrogen-bond donors (Lipinski definition) is 1. The third-order valence-corrected chi connectivity index (χ3v) is 3.84.